The molecule has 2 aromatic carbocycles. The largest absolute Gasteiger partial charge is 0.355 e. The molecule has 0 saturated carbocycles. The number of hydrogen-bond acceptors (Lipinski definition) is 2. The third-order valence-corrected chi connectivity index (χ3v) is 7.17. The van der Waals surface area contributed by atoms with Crippen LogP contribution in [0.1, 0.15) is 63.3 Å². The van der Waals surface area contributed by atoms with Crippen LogP contribution in [0.2, 0.25) is 0 Å². The van der Waals surface area contributed by atoms with Crippen molar-refractivity contribution in [3.8, 4) is 0 Å². The first-order chi connectivity index (χ1) is 15.6. The molecule has 0 aliphatic carbocycles. The van der Waals surface area contributed by atoms with Crippen LogP contribution >= 0.6 is 0 Å². The van der Waals surface area contributed by atoms with Crippen LogP contribution in [0.5, 0.6) is 0 Å². The van der Waals surface area contributed by atoms with Crippen molar-refractivity contribution < 1.29 is 9.59 Å². The van der Waals surface area contributed by atoms with E-state index < -0.39 is 5.54 Å². The van der Waals surface area contributed by atoms with Crippen molar-refractivity contribution in [1.82, 2.24) is 9.88 Å². The van der Waals surface area contributed by atoms with Crippen molar-refractivity contribution >= 4 is 28.4 Å². The Labute approximate surface area is 189 Å². The number of aromatic nitrogens is 1. The summed E-state index contributed by atoms with van der Waals surface area (Å²) >= 11 is 0. The summed E-state index contributed by atoms with van der Waals surface area (Å²) in [6.45, 7) is 6.80. The second-order valence-corrected chi connectivity index (χ2v) is 9.09. The van der Waals surface area contributed by atoms with Crippen molar-refractivity contribution in [2.24, 2.45) is 0 Å². The highest BCUT2D eigenvalue weighted by Crippen LogP contribution is 2.53. The van der Waals surface area contributed by atoms with Crippen LogP contribution < -0.4 is 4.90 Å². The quantitative estimate of drug-likeness (QED) is 0.572. The van der Waals surface area contributed by atoms with Crippen LogP contribution in [0.3, 0.4) is 0 Å². The average Bonchev–Trinajstić information content (AvgIpc) is 3.29. The molecule has 1 spiro atoms. The monoisotopic (exact) mass is 429 g/mol. The second kappa shape index (κ2) is 7.80. The van der Waals surface area contributed by atoms with Gasteiger partial charge >= 0.3 is 0 Å². The normalized spacial score (nSPS) is 22.0. The number of nitrogens with one attached hydrogen (secondary N) is 1. The number of aromatic amines is 1. The van der Waals surface area contributed by atoms with E-state index in [1.807, 2.05) is 53.1 Å². The maximum Gasteiger partial charge on any atom is 0.264 e. The topological polar surface area (TPSA) is 56.4 Å². The zero-order valence-corrected chi connectivity index (χ0v) is 19.1. The minimum Gasteiger partial charge on any atom is -0.355 e. The molecule has 2 atom stereocenters. The third-order valence-electron chi connectivity index (χ3n) is 7.17. The predicted molar refractivity (Wildman–Crippen MR) is 128 cm³/mol. The zero-order chi connectivity index (χ0) is 22.5. The first-order valence-electron chi connectivity index (χ1n) is 11.9. The number of para-hydroxylation sites is 2. The van der Waals surface area contributed by atoms with Crippen molar-refractivity contribution in [2.45, 2.75) is 64.5 Å². The lowest BCUT2D eigenvalue weighted by atomic mass is 9.77. The number of rotatable bonds is 5. The Kier molecular flexibility index (Phi) is 5.07. The van der Waals surface area contributed by atoms with Gasteiger partial charge in [-0.2, -0.15) is 0 Å². The molecule has 0 saturated heterocycles. The number of anilines is 1. The van der Waals surface area contributed by atoms with Gasteiger partial charge in [0.1, 0.15) is 0 Å². The van der Waals surface area contributed by atoms with Crippen LogP contribution in [0, 0.1) is 0 Å². The number of benzene rings is 2. The van der Waals surface area contributed by atoms with Gasteiger partial charge in [0, 0.05) is 35.5 Å². The number of carbonyl (C=O) groups is 2. The fourth-order valence-electron chi connectivity index (χ4n) is 5.81. The molecule has 1 aromatic heterocycles. The van der Waals surface area contributed by atoms with Gasteiger partial charge in [-0.25, -0.2) is 0 Å². The van der Waals surface area contributed by atoms with E-state index in [-0.39, 0.29) is 17.9 Å². The number of hydrogen-bond donors (Lipinski definition) is 1. The summed E-state index contributed by atoms with van der Waals surface area (Å²) in [7, 11) is 0. The molecule has 2 aliphatic rings. The van der Waals surface area contributed by atoms with Crippen LogP contribution in [0.15, 0.2) is 48.5 Å². The van der Waals surface area contributed by atoms with E-state index in [4.69, 9.17) is 0 Å². The molecule has 2 aliphatic heterocycles. The van der Waals surface area contributed by atoms with Gasteiger partial charge in [-0.15, -0.1) is 0 Å². The Morgan fingerprint density at radius 2 is 1.84 bits per heavy atom. The van der Waals surface area contributed by atoms with Crippen LogP contribution in [-0.2, 0) is 21.5 Å². The third kappa shape index (κ3) is 2.70. The van der Waals surface area contributed by atoms with Crippen LogP contribution in [0.4, 0.5) is 5.69 Å². The smallest absolute Gasteiger partial charge is 0.264 e. The molecule has 5 nitrogen and oxygen atoms in total. The lowest BCUT2D eigenvalue weighted by Crippen LogP contribution is -2.62. The molecule has 0 bridgehead atoms. The van der Waals surface area contributed by atoms with Crippen LogP contribution in [0.25, 0.3) is 10.9 Å². The molecule has 5 rings (SSSR count). The fraction of sp³-hybridized carbons (Fsp3) is 0.407. The highest BCUT2D eigenvalue weighted by molar-refractivity contribution is 6.12. The summed E-state index contributed by atoms with van der Waals surface area (Å²) in [5, 5.41) is 1.15. The SMILES string of the molecule is CCCCCN1C(=O)[C@@]2(c3ccccc31)c1[nH]c3ccccc3c1C[C@@H](C)N2C(=O)CC. The van der Waals surface area contributed by atoms with E-state index in [9.17, 15) is 9.59 Å². The zero-order valence-electron chi connectivity index (χ0n) is 19.1. The summed E-state index contributed by atoms with van der Waals surface area (Å²) in [6, 6.07) is 16.2. The number of fused-ring (bicyclic) bond motifs is 6. The molecule has 1 N–H and O–H groups in total. The van der Waals surface area contributed by atoms with E-state index >= 15 is 0 Å². The minimum absolute atomic E-state index is 0.00374. The summed E-state index contributed by atoms with van der Waals surface area (Å²) in [6.07, 6.45) is 4.22. The Bertz CT molecular complexity index is 1200. The fourth-order valence-corrected chi connectivity index (χ4v) is 5.81. The van der Waals surface area contributed by atoms with Crippen LogP contribution in [-0.4, -0.2) is 34.3 Å². The van der Waals surface area contributed by atoms with E-state index in [1.54, 1.807) is 0 Å². The molecule has 3 aromatic rings. The van der Waals surface area contributed by atoms with E-state index in [0.717, 1.165) is 59.1 Å². The van der Waals surface area contributed by atoms with Gasteiger partial charge in [0.2, 0.25) is 5.91 Å². The molecular weight excluding hydrogens is 398 g/mol. The number of unbranched alkanes of at least 4 members (excludes halogenated alkanes) is 2. The first-order valence-corrected chi connectivity index (χ1v) is 11.9. The van der Waals surface area contributed by atoms with E-state index in [0.29, 0.717) is 13.0 Å². The maximum absolute atomic E-state index is 14.5. The molecule has 0 fully saturated rings. The van der Waals surface area contributed by atoms with Crippen molar-refractivity contribution in [1.29, 1.82) is 0 Å². The summed E-state index contributed by atoms with van der Waals surface area (Å²) < 4.78 is 0. The Morgan fingerprint density at radius 1 is 1.09 bits per heavy atom. The molecule has 3 heterocycles. The summed E-state index contributed by atoms with van der Waals surface area (Å²) in [4.78, 5) is 35.3. The lowest BCUT2D eigenvalue weighted by molar-refractivity contribution is -0.147. The van der Waals surface area contributed by atoms with Gasteiger partial charge in [0.05, 0.1) is 11.4 Å². The number of carbonyl (C=O) groups excluding carboxylic acids is 2. The average molecular weight is 430 g/mol. The molecule has 0 radical (unpaired) electrons. The predicted octanol–water partition coefficient (Wildman–Crippen LogP) is 5.13. The number of nitrogens with zero attached hydrogens (tertiary/aromatic N) is 2. The van der Waals surface area contributed by atoms with Crippen molar-refractivity contribution in [3.05, 3.63) is 65.4 Å². The highest BCUT2D eigenvalue weighted by Gasteiger charge is 2.61. The molecule has 0 unspecified atom stereocenters. The maximum atomic E-state index is 14.5. The minimum atomic E-state index is -1.14. The second-order valence-electron chi connectivity index (χ2n) is 9.09. The highest BCUT2D eigenvalue weighted by atomic mass is 16.2. The van der Waals surface area contributed by atoms with Crippen molar-refractivity contribution in [2.75, 3.05) is 11.4 Å². The first kappa shape index (κ1) is 20.8. The summed E-state index contributed by atoms with van der Waals surface area (Å²) in [5.41, 5.74) is 3.76. The van der Waals surface area contributed by atoms with Crippen molar-refractivity contribution in [3.63, 3.8) is 0 Å². The standard InChI is InChI=1S/C27H31N3O2/c1-4-6-11-16-29-23-15-10-8-13-21(23)27(26(29)32)25-20(17-18(3)30(27)24(31)5-2)19-12-7-9-14-22(19)28-25/h7-10,12-15,18,28H,4-6,11,16-17H2,1-3H3/t18-,27-/m1/s1. The molecule has 5 heteroatoms. The van der Waals surface area contributed by atoms with Gasteiger partial charge in [0.15, 0.2) is 5.54 Å². The van der Waals surface area contributed by atoms with Gasteiger partial charge in [-0.05, 0) is 37.5 Å². The molecular formula is C27H31N3O2. The molecule has 166 valence electrons. The van der Waals surface area contributed by atoms with Gasteiger partial charge in [0.25, 0.3) is 5.91 Å². The Balaban J connectivity index is 1.81. The summed E-state index contributed by atoms with van der Waals surface area (Å²) in [5.74, 6) is 0.0105. The Hall–Kier alpha value is -3.08. The van der Waals surface area contributed by atoms with Gasteiger partial charge < -0.3 is 14.8 Å². The molecule has 2 amide bonds. The Morgan fingerprint density at radius 3 is 2.62 bits per heavy atom. The van der Waals surface area contributed by atoms with Gasteiger partial charge in [-0.1, -0.05) is 63.1 Å². The number of amides is 2. The number of H-pyrrole nitrogens is 1. The van der Waals surface area contributed by atoms with E-state index in [1.165, 1.54) is 0 Å². The van der Waals surface area contributed by atoms with E-state index in [2.05, 4.69) is 31.0 Å². The molecule has 32 heavy (non-hydrogen) atoms. The lowest BCUT2D eigenvalue weighted by Gasteiger charge is -2.47. The van der Waals surface area contributed by atoms with Gasteiger partial charge in [-0.3, -0.25) is 9.59 Å².